The van der Waals surface area contributed by atoms with Crippen molar-refractivity contribution in [3.63, 3.8) is 0 Å². The first-order valence-corrected chi connectivity index (χ1v) is 9.81. The van der Waals surface area contributed by atoms with Crippen LogP contribution in [0.3, 0.4) is 0 Å². The first kappa shape index (κ1) is 17.0. The van der Waals surface area contributed by atoms with Gasteiger partial charge < -0.3 is 9.84 Å². The number of esters is 1. The largest absolute Gasteiger partial charge is 0.458 e. The fourth-order valence-corrected chi connectivity index (χ4v) is 5.31. The van der Waals surface area contributed by atoms with Crippen molar-refractivity contribution in [3.8, 4) is 0 Å². The normalized spacial score (nSPS) is 32.5. The van der Waals surface area contributed by atoms with Gasteiger partial charge in [0.2, 0.25) is 0 Å². The molecule has 0 amide bonds. The molecule has 0 radical (unpaired) electrons. The van der Waals surface area contributed by atoms with Gasteiger partial charge in [-0.3, -0.25) is 4.90 Å². The lowest BCUT2D eigenvalue weighted by Crippen LogP contribution is -2.51. The van der Waals surface area contributed by atoms with Gasteiger partial charge in [0.25, 0.3) is 0 Å². The van der Waals surface area contributed by atoms with E-state index in [0.29, 0.717) is 17.6 Å². The van der Waals surface area contributed by atoms with Gasteiger partial charge in [-0.2, -0.15) is 0 Å². The molecule has 4 nitrogen and oxygen atoms in total. The Morgan fingerprint density at radius 2 is 1.76 bits per heavy atom. The molecule has 4 atom stereocenters. The molecule has 1 N–H and O–H groups in total. The fourth-order valence-electron chi connectivity index (χ4n) is 5.31. The molecule has 136 valence electrons. The van der Waals surface area contributed by atoms with E-state index in [4.69, 9.17) is 4.74 Å². The van der Waals surface area contributed by atoms with E-state index in [1.807, 2.05) is 30.3 Å². The Bertz CT molecular complexity index is 613. The standard InChI is InChI=1S/C21H29NO3/c1-22-17-11-13-18(22)19(14-12-17)25-20(23)21(24,16-9-5-6-10-16)15-7-3-2-4-8-15/h2-4,7-8,16-19,24H,5-6,9-14H2,1H3/t17-,18+,19+,21+/m1/s1. The zero-order valence-electron chi connectivity index (χ0n) is 15.1. The predicted octanol–water partition coefficient (Wildman–Crippen LogP) is 3.23. The van der Waals surface area contributed by atoms with Gasteiger partial charge in [0.1, 0.15) is 6.10 Å². The molecule has 1 saturated carbocycles. The molecule has 4 heteroatoms. The molecule has 0 spiro atoms. The molecule has 1 aromatic carbocycles. The molecule has 1 aromatic rings. The van der Waals surface area contributed by atoms with Crippen molar-refractivity contribution >= 4 is 5.97 Å². The summed E-state index contributed by atoms with van der Waals surface area (Å²) in [4.78, 5) is 15.6. The Hall–Kier alpha value is -1.39. The summed E-state index contributed by atoms with van der Waals surface area (Å²) < 4.78 is 5.99. The molecule has 2 bridgehead atoms. The smallest absolute Gasteiger partial charge is 0.343 e. The molecule has 0 unspecified atom stereocenters. The van der Waals surface area contributed by atoms with Gasteiger partial charge in [0.05, 0.1) is 0 Å². The topological polar surface area (TPSA) is 49.8 Å². The molecular weight excluding hydrogens is 314 g/mol. The lowest BCUT2D eigenvalue weighted by Gasteiger charge is -2.39. The van der Waals surface area contributed by atoms with Crippen LogP contribution in [0.1, 0.15) is 56.9 Å². The molecule has 2 heterocycles. The zero-order valence-corrected chi connectivity index (χ0v) is 15.1. The molecule has 2 aliphatic heterocycles. The third-order valence-electron chi connectivity index (χ3n) is 6.84. The highest BCUT2D eigenvalue weighted by Gasteiger charge is 2.50. The highest BCUT2D eigenvalue weighted by atomic mass is 16.6. The highest BCUT2D eigenvalue weighted by Crippen LogP contribution is 2.43. The zero-order chi connectivity index (χ0) is 17.4. The minimum atomic E-state index is -1.51. The molecule has 4 rings (SSSR count). The Balaban J connectivity index is 1.58. The monoisotopic (exact) mass is 343 g/mol. The highest BCUT2D eigenvalue weighted by molar-refractivity contribution is 5.82. The maximum atomic E-state index is 13.2. The predicted molar refractivity (Wildman–Crippen MR) is 96.0 cm³/mol. The quantitative estimate of drug-likeness (QED) is 0.853. The lowest BCUT2D eigenvalue weighted by molar-refractivity contribution is -0.184. The molecular formula is C21H29NO3. The second-order valence-corrected chi connectivity index (χ2v) is 8.10. The van der Waals surface area contributed by atoms with Gasteiger partial charge in [-0.25, -0.2) is 4.79 Å². The van der Waals surface area contributed by atoms with Crippen molar-refractivity contribution in [1.82, 2.24) is 4.90 Å². The average molecular weight is 343 g/mol. The first-order valence-electron chi connectivity index (χ1n) is 9.81. The summed E-state index contributed by atoms with van der Waals surface area (Å²) in [7, 11) is 2.14. The minimum absolute atomic E-state index is 0.0416. The van der Waals surface area contributed by atoms with Gasteiger partial charge in [0, 0.05) is 18.0 Å². The van der Waals surface area contributed by atoms with Crippen LogP contribution in [-0.2, 0) is 15.1 Å². The molecule has 3 aliphatic rings. The van der Waals surface area contributed by atoms with Crippen LogP contribution in [0.15, 0.2) is 30.3 Å². The minimum Gasteiger partial charge on any atom is -0.458 e. The third kappa shape index (κ3) is 2.89. The molecule has 25 heavy (non-hydrogen) atoms. The van der Waals surface area contributed by atoms with Crippen LogP contribution in [0.5, 0.6) is 0 Å². The van der Waals surface area contributed by atoms with Gasteiger partial charge >= 0.3 is 5.97 Å². The molecule has 0 aromatic heterocycles. The van der Waals surface area contributed by atoms with E-state index in [-0.39, 0.29) is 12.0 Å². The summed E-state index contributed by atoms with van der Waals surface area (Å²) in [6.07, 6.45) is 8.11. The summed E-state index contributed by atoms with van der Waals surface area (Å²) in [6.45, 7) is 0. The van der Waals surface area contributed by atoms with Gasteiger partial charge in [-0.15, -0.1) is 0 Å². The number of hydrogen-bond donors (Lipinski definition) is 1. The number of carbonyl (C=O) groups excluding carboxylic acids is 1. The van der Waals surface area contributed by atoms with E-state index < -0.39 is 11.6 Å². The summed E-state index contributed by atoms with van der Waals surface area (Å²) in [5.74, 6) is -0.477. The van der Waals surface area contributed by atoms with E-state index >= 15 is 0 Å². The van der Waals surface area contributed by atoms with Gasteiger partial charge in [0.15, 0.2) is 5.60 Å². The lowest BCUT2D eigenvalue weighted by atomic mass is 9.80. The number of nitrogens with zero attached hydrogens (tertiary/aromatic N) is 1. The molecule has 1 aliphatic carbocycles. The Morgan fingerprint density at radius 1 is 1.08 bits per heavy atom. The van der Waals surface area contributed by atoms with E-state index in [9.17, 15) is 9.90 Å². The first-order chi connectivity index (χ1) is 12.1. The molecule has 3 fully saturated rings. The Morgan fingerprint density at radius 3 is 2.48 bits per heavy atom. The van der Waals surface area contributed by atoms with Crippen LogP contribution < -0.4 is 0 Å². The number of aliphatic hydroxyl groups is 1. The number of piperidine rings is 1. The van der Waals surface area contributed by atoms with Crippen molar-refractivity contribution in [2.24, 2.45) is 5.92 Å². The van der Waals surface area contributed by atoms with Crippen LogP contribution in [0.25, 0.3) is 0 Å². The van der Waals surface area contributed by atoms with Crippen molar-refractivity contribution in [1.29, 1.82) is 0 Å². The Kier molecular flexibility index (Phi) is 4.59. The number of rotatable bonds is 4. The van der Waals surface area contributed by atoms with Crippen LogP contribution in [0, 0.1) is 5.92 Å². The number of benzene rings is 1. The maximum absolute atomic E-state index is 13.2. The number of carbonyl (C=O) groups is 1. The average Bonchev–Trinajstić information content (AvgIpc) is 3.24. The number of hydrogen-bond acceptors (Lipinski definition) is 4. The SMILES string of the molecule is CN1[C@H]2CC[C@H](OC(=O)[C@](O)(c3ccccc3)C3CCCC3)[C@@H]1CC2. The van der Waals surface area contributed by atoms with E-state index in [0.717, 1.165) is 44.9 Å². The third-order valence-corrected chi connectivity index (χ3v) is 6.84. The summed E-state index contributed by atoms with van der Waals surface area (Å²) >= 11 is 0. The van der Waals surface area contributed by atoms with Crippen LogP contribution in [-0.4, -0.2) is 41.2 Å². The van der Waals surface area contributed by atoms with Crippen molar-refractivity contribution in [3.05, 3.63) is 35.9 Å². The van der Waals surface area contributed by atoms with E-state index in [2.05, 4.69) is 11.9 Å². The second kappa shape index (κ2) is 6.73. The number of ether oxygens (including phenoxy) is 1. The van der Waals surface area contributed by atoms with Crippen LogP contribution >= 0.6 is 0 Å². The van der Waals surface area contributed by atoms with Crippen molar-refractivity contribution in [2.45, 2.75) is 75.2 Å². The van der Waals surface area contributed by atoms with Crippen LogP contribution in [0.4, 0.5) is 0 Å². The Labute approximate surface area is 150 Å². The summed E-state index contributed by atoms with van der Waals surface area (Å²) in [5, 5.41) is 11.5. The number of likely N-dealkylation sites (N-methyl/N-ethyl adjacent to an activating group) is 1. The summed E-state index contributed by atoms with van der Waals surface area (Å²) in [5.41, 5.74) is -0.827. The number of fused-ring (bicyclic) bond motifs is 2. The van der Waals surface area contributed by atoms with Crippen molar-refractivity contribution in [2.75, 3.05) is 7.05 Å². The van der Waals surface area contributed by atoms with E-state index in [1.54, 1.807) is 0 Å². The fraction of sp³-hybridized carbons (Fsp3) is 0.667. The van der Waals surface area contributed by atoms with Crippen LogP contribution in [0.2, 0.25) is 0 Å². The van der Waals surface area contributed by atoms with Gasteiger partial charge in [-0.1, -0.05) is 43.2 Å². The maximum Gasteiger partial charge on any atom is 0.343 e. The summed E-state index contributed by atoms with van der Waals surface area (Å²) in [6, 6.07) is 10.4. The second-order valence-electron chi connectivity index (χ2n) is 8.10. The van der Waals surface area contributed by atoms with Crippen molar-refractivity contribution < 1.29 is 14.6 Å². The van der Waals surface area contributed by atoms with E-state index in [1.165, 1.54) is 6.42 Å². The molecule has 2 saturated heterocycles. The van der Waals surface area contributed by atoms with Gasteiger partial charge in [-0.05, 0) is 51.1 Å².